The van der Waals surface area contributed by atoms with Crippen molar-refractivity contribution >= 4 is 35.0 Å². The summed E-state index contributed by atoms with van der Waals surface area (Å²) < 4.78 is 80.6. The number of halogens is 4. The Morgan fingerprint density at radius 1 is 0.595 bits per heavy atom. The summed E-state index contributed by atoms with van der Waals surface area (Å²) in [5.41, 5.74) is 3.91. The maximum atomic E-state index is 14.9. The van der Waals surface area contributed by atoms with E-state index in [1.54, 1.807) is 111 Å². The molecule has 1 N–H and O–H groups in total. The first-order chi connectivity index (χ1) is 37.8. The summed E-state index contributed by atoms with van der Waals surface area (Å²) in [6.45, 7) is 9.14. The molecule has 20 heteroatoms. The standard InChI is InChI=1S/C34H32F2N4O5.C25H22F2N4O3/c1-34(2)33(42)40(12-13-45-34)23-10-9-22(37-17-23)14-21-15-27(31-25(35)6-5-7-26(31)36)38-28-19-39(32(41)30(21)28)18-20-8-11-24(43-3)16-29(20)44-4;1-25(2)24(33)31(8-9-34-25)16-7-6-15(28-12-16)10-14-11-19(22-17(26)4-3-5-18(22)27)30-20-13-29-23(32)21(14)20/h5-11,15-17H,12-14,18-19H2,1-4H3;3-7,11-12H,8-10,13H2,1-2H3,(H,29,32). The number of anilines is 2. The quantitative estimate of drug-likeness (QED) is 0.115. The molecule has 406 valence electrons. The Hall–Kier alpha value is -8.62. The molecular weight excluding hydrogens is 1020 g/mol. The molecule has 0 aliphatic carbocycles. The molecule has 7 aromatic rings. The van der Waals surface area contributed by atoms with Gasteiger partial charge in [0.1, 0.15) is 46.0 Å². The van der Waals surface area contributed by atoms with Crippen LogP contribution in [0.3, 0.4) is 0 Å². The lowest BCUT2D eigenvalue weighted by molar-refractivity contribution is -0.145. The molecule has 0 saturated carbocycles. The van der Waals surface area contributed by atoms with E-state index in [2.05, 4.69) is 25.3 Å². The van der Waals surface area contributed by atoms with E-state index in [9.17, 15) is 36.7 Å². The summed E-state index contributed by atoms with van der Waals surface area (Å²) >= 11 is 0. The predicted octanol–water partition coefficient (Wildman–Crippen LogP) is 8.73. The van der Waals surface area contributed by atoms with Gasteiger partial charge in [-0.1, -0.05) is 12.1 Å². The number of hydrogen-bond acceptors (Lipinski definition) is 12. The van der Waals surface area contributed by atoms with E-state index >= 15 is 0 Å². The number of methoxy groups -OCH3 is 2. The Labute approximate surface area is 452 Å². The van der Waals surface area contributed by atoms with Crippen LogP contribution in [0.2, 0.25) is 0 Å². The number of nitrogens with zero attached hydrogens (tertiary/aromatic N) is 7. The number of ether oxygens (including phenoxy) is 4. The zero-order valence-corrected chi connectivity index (χ0v) is 44.1. The number of nitrogens with one attached hydrogen (secondary N) is 1. The number of benzene rings is 3. The first kappa shape index (κ1) is 53.8. The van der Waals surface area contributed by atoms with Crippen molar-refractivity contribution in [2.75, 3.05) is 50.3 Å². The van der Waals surface area contributed by atoms with Crippen LogP contribution in [-0.2, 0) is 51.5 Å². The number of hydrogen-bond donors (Lipinski definition) is 1. The minimum atomic E-state index is -0.936. The van der Waals surface area contributed by atoms with Gasteiger partial charge in [0.2, 0.25) is 0 Å². The van der Waals surface area contributed by atoms with Crippen LogP contribution >= 0.6 is 0 Å². The van der Waals surface area contributed by atoms with Crippen LogP contribution in [0.15, 0.2) is 103 Å². The van der Waals surface area contributed by atoms with Gasteiger partial charge in [-0.05, 0) is 112 Å². The van der Waals surface area contributed by atoms with Crippen LogP contribution in [0, 0.1) is 23.3 Å². The van der Waals surface area contributed by atoms with Gasteiger partial charge in [0, 0.05) is 48.9 Å². The summed E-state index contributed by atoms with van der Waals surface area (Å²) in [4.78, 5) is 74.8. The van der Waals surface area contributed by atoms with Crippen LogP contribution < -0.4 is 24.6 Å². The Kier molecular flexibility index (Phi) is 14.7. The molecule has 4 aromatic heterocycles. The maximum absolute atomic E-state index is 14.9. The summed E-state index contributed by atoms with van der Waals surface area (Å²) in [5, 5.41) is 2.72. The summed E-state index contributed by atoms with van der Waals surface area (Å²) in [5.74, 6) is -2.62. The zero-order valence-electron chi connectivity index (χ0n) is 44.1. The van der Waals surface area contributed by atoms with Crippen LogP contribution in [0.25, 0.3) is 22.5 Å². The second-order valence-electron chi connectivity index (χ2n) is 20.2. The van der Waals surface area contributed by atoms with Crippen molar-refractivity contribution in [2.45, 2.75) is 71.4 Å². The highest BCUT2D eigenvalue weighted by molar-refractivity contribution is 6.02. The monoisotopic (exact) mass is 1080 g/mol. The Balaban J connectivity index is 0.000000185. The summed E-state index contributed by atoms with van der Waals surface area (Å²) in [6, 6.07) is 22.9. The normalized spacial score (nSPS) is 16.3. The third-order valence-electron chi connectivity index (χ3n) is 14.2. The number of pyridine rings is 4. The Bertz CT molecular complexity index is 3520. The van der Waals surface area contributed by atoms with Gasteiger partial charge in [-0.25, -0.2) is 27.5 Å². The van der Waals surface area contributed by atoms with E-state index < -0.39 is 34.5 Å². The average molecular weight is 1080 g/mol. The van der Waals surface area contributed by atoms with E-state index in [0.29, 0.717) is 94.2 Å². The molecule has 0 unspecified atom stereocenters. The van der Waals surface area contributed by atoms with Crippen molar-refractivity contribution in [1.29, 1.82) is 0 Å². The van der Waals surface area contributed by atoms with Gasteiger partial charge < -0.3 is 39.0 Å². The van der Waals surface area contributed by atoms with Gasteiger partial charge in [-0.3, -0.25) is 29.1 Å². The van der Waals surface area contributed by atoms with E-state index in [1.807, 2.05) is 6.07 Å². The third kappa shape index (κ3) is 10.7. The molecule has 0 atom stereocenters. The predicted molar refractivity (Wildman–Crippen MR) is 282 cm³/mol. The van der Waals surface area contributed by atoms with E-state index in [4.69, 9.17) is 18.9 Å². The third-order valence-corrected chi connectivity index (χ3v) is 14.2. The number of carbonyl (C=O) groups is 4. The number of amides is 4. The molecule has 11 rings (SSSR count). The highest BCUT2D eigenvalue weighted by atomic mass is 19.1. The molecule has 16 nitrogen and oxygen atoms in total. The highest BCUT2D eigenvalue weighted by Crippen LogP contribution is 2.36. The zero-order chi connectivity index (χ0) is 55.9. The van der Waals surface area contributed by atoms with E-state index in [-0.39, 0.29) is 78.6 Å². The Morgan fingerprint density at radius 2 is 1.10 bits per heavy atom. The van der Waals surface area contributed by atoms with Crippen LogP contribution in [-0.4, -0.2) is 100 Å². The molecule has 0 radical (unpaired) electrons. The first-order valence-electron chi connectivity index (χ1n) is 25.4. The lowest BCUT2D eigenvalue weighted by atomic mass is 9.98. The van der Waals surface area contributed by atoms with Gasteiger partial charge >= 0.3 is 0 Å². The summed E-state index contributed by atoms with van der Waals surface area (Å²) in [7, 11) is 3.10. The van der Waals surface area contributed by atoms with Gasteiger partial charge in [-0.2, -0.15) is 0 Å². The minimum absolute atomic E-state index is 0.0915. The second-order valence-corrected chi connectivity index (χ2v) is 20.2. The molecule has 0 bridgehead atoms. The van der Waals surface area contributed by atoms with Crippen LogP contribution in [0.1, 0.15) is 87.9 Å². The largest absolute Gasteiger partial charge is 0.497 e. The van der Waals surface area contributed by atoms with Gasteiger partial charge in [0.15, 0.2) is 0 Å². The molecule has 0 spiro atoms. The molecule has 2 saturated heterocycles. The fourth-order valence-corrected chi connectivity index (χ4v) is 10.1. The van der Waals surface area contributed by atoms with Gasteiger partial charge in [0.05, 0.1) is 116 Å². The molecule has 4 amide bonds. The Morgan fingerprint density at radius 3 is 1.58 bits per heavy atom. The number of rotatable bonds is 12. The summed E-state index contributed by atoms with van der Waals surface area (Å²) in [6.07, 6.45) is 3.66. The molecule has 2 fully saturated rings. The average Bonchev–Trinajstić information content (AvgIpc) is 3.98. The van der Waals surface area contributed by atoms with Crippen molar-refractivity contribution < 1.29 is 55.7 Å². The fraction of sp³-hybridized carbons (Fsp3) is 0.288. The van der Waals surface area contributed by atoms with Crippen LogP contribution in [0.5, 0.6) is 11.5 Å². The molecule has 79 heavy (non-hydrogen) atoms. The SMILES string of the molecule is CC1(C)OCCN(c2ccc(Cc3cc(-c4c(F)cccc4F)nc4c3C(=O)NC4)nc2)C1=O.COc1ccc(CN2Cc3nc(-c4c(F)cccc4F)cc(Cc4ccc(N5CCOC(C)(C)C5=O)cn4)c3C2=O)c(OC)c1. The lowest BCUT2D eigenvalue weighted by Crippen LogP contribution is -2.53. The van der Waals surface area contributed by atoms with Crippen molar-refractivity contribution in [2.24, 2.45) is 0 Å². The number of fused-ring (bicyclic) bond motifs is 2. The second kappa shape index (κ2) is 21.7. The molecule has 8 heterocycles. The topological polar surface area (TPSA) is 179 Å². The highest BCUT2D eigenvalue weighted by Gasteiger charge is 2.39. The fourth-order valence-electron chi connectivity index (χ4n) is 10.1. The molecule has 3 aromatic carbocycles. The number of carbonyl (C=O) groups excluding carboxylic acids is 4. The van der Waals surface area contributed by atoms with Crippen molar-refractivity contribution in [3.8, 4) is 34.0 Å². The van der Waals surface area contributed by atoms with Crippen molar-refractivity contribution in [3.63, 3.8) is 0 Å². The molecule has 4 aliphatic rings. The number of morpholine rings is 2. The first-order valence-corrected chi connectivity index (χ1v) is 25.4. The van der Waals surface area contributed by atoms with E-state index in [0.717, 1.165) is 5.56 Å². The van der Waals surface area contributed by atoms with Gasteiger partial charge in [0.25, 0.3) is 23.6 Å². The van der Waals surface area contributed by atoms with Crippen LogP contribution in [0.4, 0.5) is 28.9 Å². The van der Waals surface area contributed by atoms with E-state index in [1.165, 1.54) is 42.5 Å². The smallest absolute Gasteiger partial charge is 0.258 e. The number of aromatic nitrogens is 4. The van der Waals surface area contributed by atoms with Crippen molar-refractivity contribution in [3.05, 3.63) is 177 Å². The minimum Gasteiger partial charge on any atom is -0.497 e. The molecular formula is C59H54F4N8O8. The van der Waals surface area contributed by atoms with Crippen molar-refractivity contribution in [1.82, 2.24) is 30.2 Å². The lowest BCUT2D eigenvalue weighted by Gasteiger charge is -2.37. The molecule has 4 aliphatic heterocycles. The van der Waals surface area contributed by atoms with Gasteiger partial charge in [-0.15, -0.1) is 0 Å². The maximum Gasteiger partial charge on any atom is 0.258 e.